The molecule has 0 saturated heterocycles. The van der Waals surface area contributed by atoms with Gasteiger partial charge in [0.25, 0.3) is 0 Å². The Hall–Kier alpha value is -0.710. The van der Waals surface area contributed by atoms with Crippen molar-refractivity contribution in [3.63, 3.8) is 0 Å². The van der Waals surface area contributed by atoms with Gasteiger partial charge in [-0.2, -0.15) is 0 Å². The summed E-state index contributed by atoms with van der Waals surface area (Å²) in [6.07, 6.45) is 0.980. The van der Waals surface area contributed by atoms with Crippen LogP contribution in [-0.2, 0) is 10.2 Å². The molecule has 1 heterocycles. The van der Waals surface area contributed by atoms with Crippen LogP contribution in [0.5, 0.6) is 0 Å². The molecule has 0 N–H and O–H groups in total. The molecule has 2 rings (SSSR count). The lowest BCUT2D eigenvalue weighted by molar-refractivity contribution is 0.200. The van der Waals surface area contributed by atoms with Crippen LogP contribution in [0.3, 0.4) is 0 Å². The van der Waals surface area contributed by atoms with Gasteiger partial charge in [-0.3, -0.25) is 0 Å². The molecule has 110 valence electrons. The summed E-state index contributed by atoms with van der Waals surface area (Å²) in [5.74, 6) is 1.69. The van der Waals surface area contributed by atoms with Crippen molar-refractivity contribution in [1.82, 2.24) is 4.98 Å². The van der Waals surface area contributed by atoms with Crippen molar-refractivity contribution in [3.8, 4) is 0 Å². The number of rotatable bonds is 5. The fourth-order valence-electron chi connectivity index (χ4n) is 1.78. The average molecular weight is 314 g/mol. The van der Waals surface area contributed by atoms with Crippen molar-refractivity contribution < 1.29 is 9.15 Å². The van der Waals surface area contributed by atoms with Crippen LogP contribution in [0.25, 0.3) is 11.1 Å². The molecule has 0 unspecified atom stereocenters. The number of nitrogens with zero attached hydrogens (tertiary/aromatic N) is 1. The molecule has 3 nitrogen and oxygen atoms in total. The van der Waals surface area contributed by atoms with Crippen molar-refractivity contribution in [2.75, 3.05) is 19.5 Å². The quantitative estimate of drug-likeness (QED) is 0.580. The highest BCUT2D eigenvalue weighted by molar-refractivity contribution is 7.99. The third-order valence-corrected chi connectivity index (χ3v) is 4.46. The van der Waals surface area contributed by atoms with Gasteiger partial charge in [-0.15, -0.1) is 11.8 Å². The zero-order chi connectivity index (χ0) is 14.8. The molecule has 0 saturated carbocycles. The molecule has 1 aromatic carbocycles. The second kappa shape index (κ2) is 6.37. The fraction of sp³-hybridized carbons (Fsp3) is 0.533. The van der Waals surface area contributed by atoms with E-state index in [0.29, 0.717) is 0 Å². The normalized spacial score (nSPS) is 12.2. The minimum Gasteiger partial charge on any atom is -0.439 e. The summed E-state index contributed by atoms with van der Waals surface area (Å²) in [6.45, 7) is 7.02. The highest BCUT2D eigenvalue weighted by Gasteiger charge is 2.22. The van der Waals surface area contributed by atoms with Crippen molar-refractivity contribution in [1.29, 1.82) is 0 Å². The number of benzene rings is 1. The van der Waals surface area contributed by atoms with Gasteiger partial charge in [0, 0.05) is 24.9 Å². The lowest BCUT2D eigenvalue weighted by Crippen LogP contribution is -2.10. The fourth-order valence-corrected chi connectivity index (χ4v) is 3.04. The second-order valence-electron chi connectivity index (χ2n) is 5.69. The minimum atomic E-state index is -0.108. The first-order valence-electron chi connectivity index (χ1n) is 6.64. The largest absolute Gasteiger partial charge is 0.439 e. The van der Waals surface area contributed by atoms with E-state index in [1.165, 1.54) is 0 Å². The Balaban J connectivity index is 2.32. The highest BCUT2D eigenvalue weighted by Crippen LogP contribution is 2.37. The predicted molar refractivity (Wildman–Crippen MR) is 84.9 cm³/mol. The Labute approximate surface area is 129 Å². The number of hydrogen-bond donors (Lipinski definition) is 0. The van der Waals surface area contributed by atoms with Crippen LogP contribution in [0.15, 0.2) is 21.4 Å². The van der Waals surface area contributed by atoms with E-state index in [9.17, 15) is 0 Å². The molecule has 0 spiro atoms. The van der Waals surface area contributed by atoms with Gasteiger partial charge < -0.3 is 9.15 Å². The summed E-state index contributed by atoms with van der Waals surface area (Å²) in [5, 5.41) is 0.719. The highest BCUT2D eigenvalue weighted by atomic mass is 35.5. The summed E-state index contributed by atoms with van der Waals surface area (Å²) in [5.41, 5.74) is 1.56. The Bertz CT molecular complexity index is 589. The third kappa shape index (κ3) is 3.48. The SMILES string of the molecule is COCCCSc1c(Cl)ccc2nc(C(C)(C)C)oc12. The molecular weight excluding hydrogens is 294 g/mol. The van der Waals surface area contributed by atoms with Crippen LogP contribution in [0.2, 0.25) is 5.02 Å². The van der Waals surface area contributed by atoms with Crippen molar-refractivity contribution in [3.05, 3.63) is 23.0 Å². The molecule has 0 atom stereocenters. The molecule has 0 fully saturated rings. The first kappa shape index (κ1) is 15.7. The Morgan fingerprint density at radius 2 is 2.10 bits per heavy atom. The smallest absolute Gasteiger partial charge is 0.200 e. The molecule has 0 radical (unpaired) electrons. The monoisotopic (exact) mass is 313 g/mol. The van der Waals surface area contributed by atoms with E-state index in [1.807, 2.05) is 12.1 Å². The van der Waals surface area contributed by atoms with E-state index in [-0.39, 0.29) is 5.41 Å². The molecule has 0 aliphatic rings. The van der Waals surface area contributed by atoms with Crippen LogP contribution >= 0.6 is 23.4 Å². The van der Waals surface area contributed by atoms with Crippen molar-refractivity contribution >= 4 is 34.5 Å². The number of fused-ring (bicyclic) bond motifs is 1. The van der Waals surface area contributed by atoms with Gasteiger partial charge in [0.15, 0.2) is 5.58 Å². The topological polar surface area (TPSA) is 35.3 Å². The molecule has 5 heteroatoms. The summed E-state index contributed by atoms with van der Waals surface area (Å²) in [4.78, 5) is 5.54. The number of halogens is 1. The number of ether oxygens (including phenoxy) is 1. The molecule has 0 bridgehead atoms. The summed E-state index contributed by atoms with van der Waals surface area (Å²) in [6, 6.07) is 3.80. The van der Waals surface area contributed by atoms with E-state index in [0.717, 1.165) is 45.7 Å². The van der Waals surface area contributed by atoms with Crippen LogP contribution in [-0.4, -0.2) is 24.5 Å². The zero-order valence-electron chi connectivity index (χ0n) is 12.3. The van der Waals surface area contributed by atoms with Crippen molar-refractivity contribution in [2.24, 2.45) is 0 Å². The summed E-state index contributed by atoms with van der Waals surface area (Å²) >= 11 is 7.99. The van der Waals surface area contributed by atoms with Crippen LogP contribution in [0, 0.1) is 0 Å². The number of thioether (sulfide) groups is 1. The minimum absolute atomic E-state index is 0.108. The van der Waals surface area contributed by atoms with Crippen LogP contribution in [0.1, 0.15) is 33.1 Å². The van der Waals surface area contributed by atoms with Gasteiger partial charge in [-0.25, -0.2) is 4.98 Å². The first-order chi connectivity index (χ1) is 9.43. The van der Waals surface area contributed by atoms with Gasteiger partial charge in [-0.05, 0) is 18.6 Å². The van der Waals surface area contributed by atoms with Gasteiger partial charge >= 0.3 is 0 Å². The number of aromatic nitrogens is 1. The molecule has 0 aliphatic carbocycles. The molecule has 2 aromatic rings. The standard InChI is InChI=1S/C15H20ClNO2S/c1-15(2,3)14-17-11-7-6-10(16)13(12(11)19-14)20-9-5-8-18-4/h6-7H,5,8-9H2,1-4H3. The number of oxazole rings is 1. The predicted octanol–water partition coefficient (Wildman–Crippen LogP) is 4.91. The van der Waals surface area contributed by atoms with Crippen molar-refractivity contribution in [2.45, 2.75) is 37.5 Å². The van der Waals surface area contributed by atoms with Gasteiger partial charge in [-0.1, -0.05) is 32.4 Å². The zero-order valence-corrected chi connectivity index (χ0v) is 13.9. The van der Waals surface area contributed by atoms with Gasteiger partial charge in [0.05, 0.1) is 9.92 Å². The number of hydrogen-bond acceptors (Lipinski definition) is 4. The van der Waals surface area contributed by atoms with E-state index in [2.05, 4.69) is 25.8 Å². The summed E-state index contributed by atoms with van der Waals surface area (Å²) < 4.78 is 11.0. The van der Waals surface area contributed by atoms with E-state index < -0.39 is 0 Å². The summed E-state index contributed by atoms with van der Waals surface area (Å²) in [7, 11) is 1.71. The van der Waals surface area contributed by atoms with E-state index in [1.54, 1.807) is 18.9 Å². The Morgan fingerprint density at radius 3 is 2.75 bits per heavy atom. The molecule has 20 heavy (non-hydrogen) atoms. The van der Waals surface area contributed by atoms with Gasteiger partial charge in [0.2, 0.25) is 5.89 Å². The molecular formula is C15H20ClNO2S. The van der Waals surface area contributed by atoms with E-state index >= 15 is 0 Å². The molecule has 1 aromatic heterocycles. The second-order valence-corrected chi connectivity index (χ2v) is 7.20. The van der Waals surface area contributed by atoms with Crippen LogP contribution in [0.4, 0.5) is 0 Å². The lowest BCUT2D eigenvalue weighted by atomic mass is 9.97. The molecule has 0 amide bonds. The third-order valence-electron chi connectivity index (χ3n) is 2.84. The Morgan fingerprint density at radius 1 is 1.35 bits per heavy atom. The lowest BCUT2D eigenvalue weighted by Gasteiger charge is -2.11. The van der Waals surface area contributed by atoms with E-state index in [4.69, 9.17) is 20.8 Å². The number of methoxy groups -OCH3 is 1. The van der Waals surface area contributed by atoms with Crippen LogP contribution < -0.4 is 0 Å². The van der Waals surface area contributed by atoms with Gasteiger partial charge in [0.1, 0.15) is 5.52 Å². The molecule has 0 aliphatic heterocycles. The average Bonchev–Trinajstić information content (AvgIpc) is 2.80. The maximum Gasteiger partial charge on any atom is 0.200 e. The first-order valence-corrected chi connectivity index (χ1v) is 8.01. The maximum atomic E-state index is 6.30. The maximum absolute atomic E-state index is 6.30. The Kier molecular flexibility index (Phi) is 4.99.